The molecule has 0 N–H and O–H groups in total. The average molecular weight is 366 g/mol. The standard InChI is InChI=1S/C22H8F2N4/c23-21-17(9-25)5-15(6-18(21)10-26)13-1-2-14(4-3-13)16-7-19(11-27)22(24)20(8-16)12-28/h1-8H. The summed E-state index contributed by atoms with van der Waals surface area (Å²) < 4.78 is 27.8. The fourth-order valence-electron chi connectivity index (χ4n) is 2.76. The van der Waals surface area contributed by atoms with Crippen LogP contribution in [0.1, 0.15) is 22.3 Å². The Bertz CT molecular complexity index is 1090. The van der Waals surface area contributed by atoms with E-state index >= 15 is 0 Å². The molecule has 0 bridgehead atoms. The Morgan fingerprint density at radius 1 is 0.464 bits per heavy atom. The van der Waals surface area contributed by atoms with Gasteiger partial charge >= 0.3 is 0 Å². The van der Waals surface area contributed by atoms with Gasteiger partial charge in [-0.3, -0.25) is 0 Å². The molecule has 0 aliphatic carbocycles. The number of benzene rings is 3. The van der Waals surface area contributed by atoms with Crippen molar-refractivity contribution in [1.82, 2.24) is 0 Å². The first-order valence-corrected chi connectivity index (χ1v) is 7.90. The van der Waals surface area contributed by atoms with Gasteiger partial charge in [-0.1, -0.05) is 24.3 Å². The second kappa shape index (κ2) is 7.38. The molecule has 0 radical (unpaired) electrons. The van der Waals surface area contributed by atoms with Crippen LogP contribution in [-0.2, 0) is 0 Å². The van der Waals surface area contributed by atoms with Gasteiger partial charge in [-0.2, -0.15) is 21.0 Å². The maximum absolute atomic E-state index is 13.9. The van der Waals surface area contributed by atoms with Crippen LogP contribution in [0.2, 0.25) is 0 Å². The molecule has 3 aromatic carbocycles. The molecule has 0 aromatic heterocycles. The minimum absolute atomic E-state index is 0.228. The van der Waals surface area contributed by atoms with E-state index in [-0.39, 0.29) is 22.3 Å². The first-order chi connectivity index (χ1) is 13.5. The molecule has 130 valence electrons. The van der Waals surface area contributed by atoms with Crippen LogP contribution in [0.3, 0.4) is 0 Å². The van der Waals surface area contributed by atoms with E-state index in [1.807, 2.05) is 0 Å². The number of nitriles is 4. The maximum Gasteiger partial charge on any atom is 0.158 e. The van der Waals surface area contributed by atoms with Crippen LogP contribution in [0.5, 0.6) is 0 Å². The van der Waals surface area contributed by atoms with Crippen molar-refractivity contribution in [2.45, 2.75) is 0 Å². The summed E-state index contributed by atoms with van der Waals surface area (Å²) in [5, 5.41) is 36.2. The maximum atomic E-state index is 13.9. The normalized spacial score (nSPS) is 9.64. The fourth-order valence-corrected chi connectivity index (χ4v) is 2.76. The molecule has 0 spiro atoms. The van der Waals surface area contributed by atoms with Gasteiger partial charge in [0.05, 0.1) is 22.3 Å². The summed E-state index contributed by atoms with van der Waals surface area (Å²) in [6.45, 7) is 0. The Hall–Kier alpha value is -4.52. The Labute approximate surface area is 159 Å². The van der Waals surface area contributed by atoms with Gasteiger partial charge in [0.25, 0.3) is 0 Å². The van der Waals surface area contributed by atoms with Crippen molar-refractivity contribution in [2.75, 3.05) is 0 Å². The van der Waals surface area contributed by atoms with Gasteiger partial charge in [0.1, 0.15) is 24.3 Å². The minimum Gasteiger partial charge on any atom is -0.204 e. The van der Waals surface area contributed by atoms with Crippen LogP contribution < -0.4 is 0 Å². The monoisotopic (exact) mass is 366 g/mol. The second-order valence-corrected chi connectivity index (χ2v) is 5.80. The van der Waals surface area contributed by atoms with Gasteiger partial charge in [-0.15, -0.1) is 0 Å². The lowest BCUT2D eigenvalue weighted by Crippen LogP contribution is -1.93. The highest BCUT2D eigenvalue weighted by atomic mass is 19.1. The van der Waals surface area contributed by atoms with Crippen molar-refractivity contribution >= 4 is 0 Å². The summed E-state index contributed by atoms with van der Waals surface area (Å²) in [5.41, 5.74) is 1.36. The van der Waals surface area contributed by atoms with Gasteiger partial charge in [0, 0.05) is 0 Å². The smallest absolute Gasteiger partial charge is 0.158 e. The van der Waals surface area contributed by atoms with Crippen molar-refractivity contribution in [3.8, 4) is 46.5 Å². The van der Waals surface area contributed by atoms with Crippen molar-refractivity contribution in [2.24, 2.45) is 0 Å². The Morgan fingerprint density at radius 3 is 0.929 bits per heavy atom. The van der Waals surface area contributed by atoms with Crippen molar-refractivity contribution in [3.63, 3.8) is 0 Å². The number of rotatable bonds is 2. The number of hydrogen-bond acceptors (Lipinski definition) is 4. The van der Waals surface area contributed by atoms with E-state index in [0.717, 1.165) is 0 Å². The van der Waals surface area contributed by atoms with E-state index < -0.39 is 11.6 Å². The molecule has 3 rings (SSSR count). The summed E-state index contributed by atoms with van der Waals surface area (Å²) in [4.78, 5) is 0. The summed E-state index contributed by atoms with van der Waals surface area (Å²) >= 11 is 0. The van der Waals surface area contributed by atoms with Crippen LogP contribution in [0.15, 0.2) is 48.5 Å². The SMILES string of the molecule is N#Cc1cc(-c2ccc(-c3cc(C#N)c(F)c(C#N)c3)cc2)cc(C#N)c1F. The van der Waals surface area contributed by atoms with Gasteiger partial charge in [-0.25, -0.2) is 8.78 Å². The molecule has 0 unspecified atom stereocenters. The zero-order chi connectivity index (χ0) is 20.3. The third-order valence-corrected chi connectivity index (χ3v) is 4.18. The zero-order valence-corrected chi connectivity index (χ0v) is 14.2. The largest absolute Gasteiger partial charge is 0.204 e. The number of hydrogen-bond donors (Lipinski definition) is 0. The van der Waals surface area contributed by atoms with Crippen LogP contribution in [-0.4, -0.2) is 0 Å². The molecule has 0 fully saturated rings. The van der Waals surface area contributed by atoms with Gasteiger partial charge < -0.3 is 0 Å². The van der Waals surface area contributed by atoms with Crippen molar-refractivity contribution < 1.29 is 8.78 Å². The number of nitrogens with zero attached hydrogens (tertiary/aromatic N) is 4. The van der Waals surface area contributed by atoms with Crippen LogP contribution in [0, 0.1) is 57.0 Å². The molecule has 6 heteroatoms. The predicted molar refractivity (Wildman–Crippen MR) is 96.1 cm³/mol. The molecule has 0 saturated carbocycles. The molecule has 0 aliphatic rings. The van der Waals surface area contributed by atoms with Crippen LogP contribution in [0.25, 0.3) is 22.3 Å². The third kappa shape index (κ3) is 3.15. The molecule has 4 nitrogen and oxygen atoms in total. The zero-order valence-electron chi connectivity index (χ0n) is 14.2. The summed E-state index contributed by atoms with van der Waals surface area (Å²) in [6, 6.07) is 19.1. The second-order valence-electron chi connectivity index (χ2n) is 5.80. The number of halogens is 2. The lowest BCUT2D eigenvalue weighted by atomic mass is 9.96. The highest BCUT2D eigenvalue weighted by Gasteiger charge is 2.13. The highest BCUT2D eigenvalue weighted by Crippen LogP contribution is 2.29. The molecule has 0 aliphatic heterocycles. The lowest BCUT2D eigenvalue weighted by Gasteiger charge is -2.08. The Morgan fingerprint density at radius 2 is 0.714 bits per heavy atom. The van der Waals surface area contributed by atoms with E-state index in [1.54, 1.807) is 48.5 Å². The molecule has 28 heavy (non-hydrogen) atoms. The Kier molecular flexibility index (Phi) is 4.82. The van der Waals surface area contributed by atoms with E-state index in [9.17, 15) is 8.78 Å². The fraction of sp³-hybridized carbons (Fsp3) is 0. The minimum atomic E-state index is -0.857. The molecular formula is C22H8F2N4. The summed E-state index contributed by atoms with van der Waals surface area (Å²) in [7, 11) is 0. The van der Waals surface area contributed by atoms with Gasteiger partial charge in [0.2, 0.25) is 0 Å². The molecule has 0 amide bonds. The Balaban J connectivity index is 2.07. The van der Waals surface area contributed by atoms with Gasteiger partial charge in [0.15, 0.2) is 11.6 Å². The average Bonchev–Trinajstić information content (AvgIpc) is 2.74. The van der Waals surface area contributed by atoms with Gasteiger partial charge in [-0.05, 0) is 46.5 Å². The molecule has 0 heterocycles. The van der Waals surface area contributed by atoms with Crippen molar-refractivity contribution in [1.29, 1.82) is 21.0 Å². The summed E-state index contributed by atoms with van der Waals surface area (Å²) in [5.74, 6) is -1.71. The predicted octanol–water partition coefficient (Wildman–Crippen LogP) is 4.79. The molecule has 0 saturated heterocycles. The lowest BCUT2D eigenvalue weighted by molar-refractivity contribution is 0.620. The quantitative estimate of drug-likeness (QED) is 0.652. The molecular weight excluding hydrogens is 358 g/mol. The first kappa shape index (κ1) is 18.3. The highest BCUT2D eigenvalue weighted by molar-refractivity contribution is 5.73. The van der Waals surface area contributed by atoms with E-state index in [2.05, 4.69) is 0 Å². The topological polar surface area (TPSA) is 95.2 Å². The van der Waals surface area contributed by atoms with E-state index in [4.69, 9.17) is 21.0 Å². The summed E-state index contributed by atoms with van der Waals surface area (Å²) in [6.07, 6.45) is 0. The van der Waals surface area contributed by atoms with E-state index in [0.29, 0.717) is 22.3 Å². The first-order valence-electron chi connectivity index (χ1n) is 7.90. The molecule has 0 atom stereocenters. The molecule has 3 aromatic rings. The van der Waals surface area contributed by atoms with Crippen LogP contribution in [0.4, 0.5) is 8.78 Å². The van der Waals surface area contributed by atoms with Crippen LogP contribution >= 0.6 is 0 Å². The van der Waals surface area contributed by atoms with Crippen molar-refractivity contribution in [3.05, 3.63) is 82.4 Å². The van der Waals surface area contributed by atoms with E-state index in [1.165, 1.54) is 24.3 Å². The third-order valence-electron chi connectivity index (χ3n) is 4.18.